The molecule has 1 aliphatic heterocycles. The number of carbonyl (C=O) groups is 1. The summed E-state index contributed by atoms with van der Waals surface area (Å²) in [6.45, 7) is 6.68. The molecule has 1 fully saturated rings. The van der Waals surface area contributed by atoms with E-state index in [1.54, 1.807) is 6.92 Å². The number of hydrogen-bond donors (Lipinski definition) is 1. The monoisotopic (exact) mass is 298 g/mol. The number of para-hydroxylation sites is 1. The number of nitrogens with two attached hydrogens (primary N) is 1. The van der Waals surface area contributed by atoms with Crippen LogP contribution in [0.5, 0.6) is 0 Å². The van der Waals surface area contributed by atoms with Gasteiger partial charge in [-0.3, -0.25) is 4.79 Å². The van der Waals surface area contributed by atoms with E-state index >= 15 is 0 Å². The maximum atomic E-state index is 11.5. The van der Waals surface area contributed by atoms with Crippen LogP contribution in [0.3, 0.4) is 0 Å². The second-order valence-corrected chi connectivity index (χ2v) is 5.88. The average molecular weight is 298 g/mol. The van der Waals surface area contributed by atoms with Crippen LogP contribution in [-0.2, 0) is 4.79 Å². The van der Waals surface area contributed by atoms with Crippen molar-refractivity contribution >= 4 is 22.6 Å². The third-order valence-corrected chi connectivity index (χ3v) is 4.25. The summed E-state index contributed by atoms with van der Waals surface area (Å²) in [4.78, 5) is 20.4. The molecule has 1 aromatic heterocycles. The van der Waals surface area contributed by atoms with Crippen LogP contribution >= 0.6 is 0 Å². The van der Waals surface area contributed by atoms with E-state index in [4.69, 9.17) is 10.7 Å². The lowest BCUT2D eigenvalue weighted by molar-refractivity contribution is -0.129. The normalized spacial score (nSPS) is 16.9. The highest BCUT2D eigenvalue weighted by molar-refractivity contribution is 5.82. The largest absolute Gasteiger partial charge is 0.353 e. The van der Waals surface area contributed by atoms with Crippen molar-refractivity contribution in [2.45, 2.75) is 19.9 Å². The molecule has 5 nitrogen and oxygen atoms in total. The predicted octanol–water partition coefficient (Wildman–Crippen LogP) is 1.92. The number of piperazine rings is 1. The summed E-state index contributed by atoms with van der Waals surface area (Å²) in [7, 11) is 0. The third-order valence-electron chi connectivity index (χ3n) is 4.25. The van der Waals surface area contributed by atoms with Crippen molar-refractivity contribution in [2.24, 2.45) is 5.73 Å². The molecule has 0 unspecified atom stereocenters. The quantitative estimate of drug-likeness (QED) is 0.920. The Hall–Kier alpha value is -2.14. The van der Waals surface area contributed by atoms with Gasteiger partial charge in [-0.1, -0.05) is 18.2 Å². The molecule has 1 atom stereocenters. The smallest absolute Gasteiger partial charge is 0.219 e. The highest BCUT2D eigenvalue weighted by Crippen LogP contribution is 2.28. The molecule has 3 rings (SSSR count). The summed E-state index contributed by atoms with van der Waals surface area (Å²) in [5.74, 6) is 1.09. The second kappa shape index (κ2) is 5.93. The number of rotatable bonds is 2. The van der Waals surface area contributed by atoms with E-state index in [0.29, 0.717) is 0 Å². The van der Waals surface area contributed by atoms with Crippen molar-refractivity contribution in [1.82, 2.24) is 9.88 Å². The van der Waals surface area contributed by atoms with Gasteiger partial charge in [0.1, 0.15) is 5.82 Å². The van der Waals surface area contributed by atoms with Gasteiger partial charge in [0.2, 0.25) is 5.91 Å². The van der Waals surface area contributed by atoms with Crippen LogP contribution in [0.2, 0.25) is 0 Å². The summed E-state index contributed by atoms with van der Waals surface area (Å²) in [5.41, 5.74) is 8.20. The summed E-state index contributed by atoms with van der Waals surface area (Å²) in [5, 5.41) is 1.11. The maximum absolute atomic E-state index is 11.5. The summed E-state index contributed by atoms with van der Waals surface area (Å²) in [6.07, 6.45) is 0. The van der Waals surface area contributed by atoms with E-state index in [1.807, 2.05) is 30.0 Å². The number of carbonyl (C=O) groups excluding carboxylic acids is 1. The van der Waals surface area contributed by atoms with E-state index < -0.39 is 0 Å². The van der Waals surface area contributed by atoms with Gasteiger partial charge in [0.05, 0.1) is 5.52 Å². The molecule has 1 aromatic carbocycles. The number of pyridine rings is 1. The van der Waals surface area contributed by atoms with Crippen LogP contribution in [0.1, 0.15) is 25.5 Å². The molecule has 0 bridgehead atoms. The van der Waals surface area contributed by atoms with Crippen molar-refractivity contribution in [3.05, 3.63) is 35.9 Å². The molecule has 1 saturated heterocycles. The first-order valence-electron chi connectivity index (χ1n) is 7.72. The Balaban J connectivity index is 1.95. The van der Waals surface area contributed by atoms with Crippen LogP contribution < -0.4 is 10.6 Å². The predicted molar refractivity (Wildman–Crippen MR) is 88.8 cm³/mol. The minimum Gasteiger partial charge on any atom is -0.353 e. The van der Waals surface area contributed by atoms with E-state index in [1.165, 1.54) is 0 Å². The van der Waals surface area contributed by atoms with Crippen LogP contribution in [0.4, 0.5) is 5.82 Å². The molecule has 0 aliphatic carbocycles. The van der Waals surface area contributed by atoms with E-state index in [9.17, 15) is 4.79 Å². The lowest BCUT2D eigenvalue weighted by Gasteiger charge is -2.36. The Kier molecular flexibility index (Phi) is 3.98. The Labute approximate surface area is 130 Å². The van der Waals surface area contributed by atoms with Gasteiger partial charge < -0.3 is 15.5 Å². The van der Waals surface area contributed by atoms with Gasteiger partial charge in [-0.2, -0.15) is 0 Å². The fourth-order valence-corrected chi connectivity index (χ4v) is 2.94. The van der Waals surface area contributed by atoms with Gasteiger partial charge in [-0.25, -0.2) is 4.98 Å². The molecule has 1 amide bonds. The zero-order valence-electron chi connectivity index (χ0n) is 13.1. The highest BCUT2D eigenvalue weighted by atomic mass is 16.2. The zero-order valence-corrected chi connectivity index (χ0v) is 13.1. The van der Waals surface area contributed by atoms with Crippen LogP contribution in [0.25, 0.3) is 10.9 Å². The Morgan fingerprint density at radius 2 is 1.91 bits per heavy atom. The number of anilines is 1. The number of benzene rings is 1. The molecular formula is C17H22N4O. The number of fused-ring (bicyclic) bond motifs is 1. The van der Waals surface area contributed by atoms with Crippen LogP contribution in [-0.4, -0.2) is 42.0 Å². The van der Waals surface area contributed by atoms with Crippen molar-refractivity contribution in [3.63, 3.8) is 0 Å². The lowest BCUT2D eigenvalue weighted by Crippen LogP contribution is -2.48. The van der Waals surface area contributed by atoms with Crippen molar-refractivity contribution in [2.75, 3.05) is 31.1 Å². The molecular weight excluding hydrogens is 276 g/mol. The molecule has 2 heterocycles. The maximum Gasteiger partial charge on any atom is 0.219 e. The van der Waals surface area contributed by atoms with Gasteiger partial charge in [-0.15, -0.1) is 0 Å². The van der Waals surface area contributed by atoms with Gasteiger partial charge in [0.25, 0.3) is 0 Å². The van der Waals surface area contributed by atoms with Crippen molar-refractivity contribution < 1.29 is 4.79 Å². The summed E-state index contributed by atoms with van der Waals surface area (Å²) < 4.78 is 0. The van der Waals surface area contributed by atoms with E-state index in [-0.39, 0.29) is 11.9 Å². The Morgan fingerprint density at radius 3 is 2.55 bits per heavy atom. The molecule has 2 N–H and O–H groups in total. The number of nitrogens with zero attached hydrogens (tertiary/aromatic N) is 3. The molecule has 116 valence electrons. The number of amides is 1. The van der Waals surface area contributed by atoms with E-state index in [0.717, 1.165) is 48.5 Å². The van der Waals surface area contributed by atoms with Crippen molar-refractivity contribution in [3.8, 4) is 0 Å². The van der Waals surface area contributed by atoms with Gasteiger partial charge in [-0.05, 0) is 19.1 Å². The van der Waals surface area contributed by atoms with Gasteiger partial charge >= 0.3 is 0 Å². The first-order chi connectivity index (χ1) is 10.6. The molecule has 0 radical (unpaired) electrons. The molecule has 0 saturated carbocycles. The first-order valence-corrected chi connectivity index (χ1v) is 7.72. The molecule has 0 spiro atoms. The zero-order chi connectivity index (χ0) is 15.7. The topological polar surface area (TPSA) is 62.5 Å². The number of aromatic nitrogens is 1. The Morgan fingerprint density at radius 1 is 1.23 bits per heavy atom. The fraction of sp³-hybridized carbons (Fsp3) is 0.412. The minimum absolute atomic E-state index is 0.0713. The highest BCUT2D eigenvalue weighted by Gasteiger charge is 2.22. The molecule has 22 heavy (non-hydrogen) atoms. The molecule has 1 aliphatic rings. The summed E-state index contributed by atoms with van der Waals surface area (Å²) >= 11 is 0. The lowest BCUT2D eigenvalue weighted by atomic mass is 10.1. The van der Waals surface area contributed by atoms with Crippen LogP contribution in [0, 0.1) is 0 Å². The second-order valence-electron chi connectivity index (χ2n) is 5.88. The van der Waals surface area contributed by atoms with Gasteiger partial charge in [0.15, 0.2) is 0 Å². The third kappa shape index (κ3) is 2.76. The van der Waals surface area contributed by atoms with E-state index in [2.05, 4.69) is 17.0 Å². The minimum atomic E-state index is -0.0713. The summed E-state index contributed by atoms with van der Waals surface area (Å²) in [6, 6.07) is 10.2. The Bertz CT molecular complexity index is 690. The standard InChI is InChI=1S/C17H22N4O/c1-12(18)15-11-14-5-3-4-6-16(14)19-17(15)21-9-7-20(8-10-21)13(2)22/h3-6,11-12H,7-10,18H2,1-2H3/t12-/m0/s1. The number of hydrogen-bond acceptors (Lipinski definition) is 4. The van der Waals surface area contributed by atoms with Gasteiger partial charge in [0, 0.05) is 50.1 Å². The average Bonchev–Trinajstić information content (AvgIpc) is 2.53. The SMILES string of the molecule is CC(=O)N1CCN(c2nc3ccccc3cc2[C@H](C)N)CC1. The molecule has 5 heteroatoms. The van der Waals surface area contributed by atoms with Crippen LogP contribution in [0.15, 0.2) is 30.3 Å². The molecule has 2 aromatic rings. The fourth-order valence-electron chi connectivity index (χ4n) is 2.94. The van der Waals surface area contributed by atoms with Crippen molar-refractivity contribution in [1.29, 1.82) is 0 Å². The first kappa shape index (κ1) is 14.8.